The average molecular weight is 258 g/mol. The number of imide groups is 1. The van der Waals surface area contributed by atoms with Gasteiger partial charge in [-0.1, -0.05) is 0 Å². The molecule has 6 heteroatoms. The molecule has 2 aliphatic heterocycles. The van der Waals surface area contributed by atoms with Crippen LogP contribution in [0.3, 0.4) is 0 Å². The van der Waals surface area contributed by atoms with Gasteiger partial charge in [0.05, 0.1) is 0 Å². The van der Waals surface area contributed by atoms with Crippen LogP contribution < -0.4 is 5.32 Å². The van der Waals surface area contributed by atoms with Crippen LogP contribution in [-0.4, -0.2) is 53.6 Å². The molecular weight excluding hydrogens is 240 g/mol. The number of nitrogens with one attached hydrogen (secondary N) is 1. The Bertz CT molecular complexity index is 316. The van der Waals surface area contributed by atoms with Gasteiger partial charge in [-0.15, -0.1) is 0 Å². The average Bonchev–Trinajstić information content (AvgIpc) is 2.85. The molecule has 3 amide bonds. The molecule has 2 fully saturated rings. The molecule has 1 N–H and O–H groups in total. The molecule has 2 rings (SSSR count). The number of carbonyl (C=O) groups is 2. The SMILES string of the molecule is CCOCCCN1C(=O)N[C@@]2(CCSC2)C1=O. The molecule has 17 heavy (non-hydrogen) atoms. The highest BCUT2D eigenvalue weighted by Crippen LogP contribution is 2.33. The van der Waals surface area contributed by atoms with Crippen LogP contribution in [0.1, 0.15) is 19.8 Å². The minimum Gasteiger partial charge on any atom is -0.382 e. The van der Waals surface area contributed by atoms with E-state index in [1.807, 2.05) is 6.92 Å². The summed E-state index contributed by atoms with van der Waals surface area (Å²) in [6, 6.07) is -0.242. The molecule has 96 valence electrons. The molecule has 1 atom stereocenters. The number of amides is 3. The van der Waals surface area contributed by atoms with E-state index in [1.54, 1.807) is 11.8 Å². The molecule has 2 heterocycles. The summed E-state index contributed by atoms with van der Waals surface area (Å²) in [5.74, 6) is 1.60. The summed E-state index contributed by atoms with van der Waals surface area (Å²) in [5, 5.41) is 2.85. The van der Waals surface area contributed by atoms with Crippen molar-refractivity contribution in [3.8, 4) is 0 Å². The van der Waals surface area contributed by atoms with Gasteiger partial charge in [-0.05, 0) is 25.5 Å². The highest BCUT2D eigenvalue weighted by molar-refractivity contribution is 7.99. The number of urea groups is 1. The maximum atomic E-state index is 12.2. The summed E-state index contributed by atoms with van der Waals surface area (Å²) in [6.45, 7) is 3.64. The first-order valence-electron chi connectivity index (χ1n) is 5.99. The van der Waals surface area contributed by atoms with Gasteiger partial charge in [0.2, 0.25) is 0 Å². The van der Waals surface area contributed by atoms with Gasteiger partial charge >= 0.3 is 6.03 Å². The van der Waals surface area contributed by atoms with E-state index in [0.29, 0.717) is 31.9 Å². The number of carbonyl (C=O) groups excluding carboxylic acids is 2. The molecule has 1 spiro atoms. The molecule has 0 aromatic heterocycles. The van der Waals surface area contributed by atoms with E-state index in [9.17, 15) is 9.59 Å². The first-order chi connectivity index (χ1) is 8.19. The summed E-state index contributed by atoms with van der Waals surface area (Å²) in [6.07, 6.45) is 1.46. The van der Waals surface area contributed by atoms with Crippen molar-refractivity contribution in [1.29, 1.82) is 0 Å². The van der Waals surface area contributed by atoms with E-state index in [1.165, 1.54) is 4.90 Å². The number of ether oxygens (including phenoxy) is 1. The Hall–Kier alpha value is -0.750. The lowest BCUT2D eigenvalue weighted by Crippen LogP contribution is -2.47. The van der Waals surface area contributed by atoms with Gasteiger partial charge in [-0.25, -0.2) is 4.79 Å². The van der Waals surface area contributed by atoms with Crippen molar-refractivity contribution >= 4 is 23.7 Å². The predicted molar refractivity (Wildman–Crippen MR) is 66.0 cm³/mol. The summed E-state index contributed by atoms with van der Waals surface area (Å²) in [5.41, 5.74) is -0.604. The number of hydrogen-bond acceptors (Lipinski definition) is 4. The minimum atomic E-state index is -0.604. The Kier molecular flexibility index (Phi) is 3.93. The zero-order chi connectivity index (χ0) is 12.3. The number of rotatable bonds is 5. The van der Waals surface area contributed by atoms with Crippen LogP contribution >= 0.6 is 11.8 Å². The van der Waals surface area contributed by atoms with Crippen molar-refractivity contribution in [3.05, 3.63) is 0 Å². The van der Waals surface area contributed by atoms with Crippen LogP contribution in [0.15, 0.2) is 0 Å². The van der Waals surface area contributed by atoms with Crippen LogP contribution in [0.2, 0.25) is 0 Å². The molecule has 2 aliphatic rings. The van der Waals surface area contributed by atoms with Crippen LogP contribution in [0.4, 0.5) is 4.79 Å². The van der Waals surface area contributed by atoms with Crippen LogP contribution in [-0.2, 0) is 9.53 Å². The zero-order valence-electron chi connectivity index (χ0n) is 10.0. The molecule has 0 aliphatic carbocycles. The third-order valence-electron chi connectivity index (χ3n) is 3.14. The summed E-state index contributed by atoms with van der Waals surface area (Å²) < 4.78 is 5.21. The van der Waals surface area contributed by atoms with Crippen molar-refractivity contribution in [1.82, 2.24) is 10.2 Å². The van der Waals surface area contributed by atoms with Crippen LogP contribution in [0, 0.1) is 0 Å². The van der Waals surface area contributed by atoms with Crippen molar-refractivity contribution in [2.45, 2.75) is 25.3 Å². The lowest BCUT2D eigenvalue weighted by molar-refractivity contribution is -0.130. The molecule has 0 aromatic rings. The second-order valence-electron chi connectivity index (χ2n) is 4.32. The standard InChI is InChI=1S/C11H18N2O3S/c1-2-16-6-3-5-13-9(14)11(12-10(13)15)4-7-17-8-11/h2-8H2,1H3,(H,12,15)/t11-/m1/s1. The van der Waals surface area contributed by atoms with Gasteiger partial charge in [0.25, 0.3) is 5.91 Å². The molecule has 0 unspecified atom stereocenters. The second kappa shape index (κ2) is 5.27. The van der Waals surface area contributed by atoms with E-state index >= 15 is 0 Å². The Labute approximate surface area is 105 Å². The molecule has 2 saturated heterocycles. The van der Waals surface area contributed by atoms with E-state index in [2.05, 4.69) is 5.32 Å². The van der Waals surface area contributed by atoms with E-state index < -0.39 is 5.54 Å². The molecule has 5 nitrogen and oxygen atoms in total. The highest BCUT2D eigenvalue weighted by atomic mass is 32.2. The maximum absolute atomic E-state index is 12.2. The fourth-order valence-electron chi connectivity index (χ4n) is 2.18. The summed E-state index contributed by atoms with van der Waals surface area (Å²) in [4.78, 5) is 25.3. The van der Waals surface area contributed by atoms with Crippen molar-refractivity contribution in [2.24, 2.45) is 0 Å². The first kappa shape index (κ1) is 12.7. The monoisotopic (exact) mass is 258 g/mol. The van der Waals surface area contributed by atoms with Crippen LogP contribution in [0.25, 0.3) is 0 Å². The quantitative estimate of drug-likeness (QED) is 0.586. The van der Waals surface area contributed by atoms with Gasteiger partial charge < -0.3 is 10.1 Å². The summed E-state index contributed by atoms with van der Waals surface area (Å²) >= 11 is 1.72. The van der Waals surface area contributed by atoms with Gasteiger partial charge in [0, 0.05) is 25.5 Å². The van der Waals surface area contributed by atoms with Crippen molar-refractivity contribution in [3.63, 3.8) is 0 Å². The third-order valence-corrected chi connectivity index (χ3v) is 4.33. The maximum Gasteiger partial charge on any atom is 0.325 e. The Morgan fingerprint density at radius 3 is 3.00 bits per heavy atom. The van der Waals surface area contributed by atoms with Gasteiger partial charge in [-0.2, -0.15) is 11.8 Å². The molecule has 0 saturated carbocycles. The number of hydrogen-bond donors (Lipinski definition) is 1. The smallest absolute Gasteiger partial charge is 0.325 e. The lowest BCUT2D eigenvalue weighted by Gasteiger charge is -2.19. The fraction of sp³-hybridized carbons (Fsp3) is 0.818. The normalized spacial score (nSPS) is 28.2. The predicted octanol–water partition coefficient (Wildman–Crippen LogP) is 0.841. The topological polar surface area (TPSA) is 58.6 Å². The summed E-state index contributed by atoms with van der Waals surface area (Å²) in [7, 11) is 0. The molecule has 0 radical (unpaired) electrons. The molecular formula is C11H18N2O3S. The number of thioether (sulfide) groups is 1. The van der Waals surface area contributed by atoms with E-state index in [-0.39, 0.29) is 11.9 Å². The third kappa shape index (κ3) is 2.42. The van der Waals surface area contributed by atoms with Gasteiger partial charge in [-0.3, -0.25) is 9.69 Å². The van der Waals surface area contributed by atoms with Gasteiger partial charge in [0.1, 0.15) is 5.54 Å². The number of nitrogens with zero attached hydrogens (tertiary/aromatic N) is 1. The molecule has 0 aromatic carbocycles. The largest absolute Gasteiger partial charge is 0.382 e. The van der Waals surface area contributed by atoms with E-state index in [0.717, 1.165) is 12.2 Å². The first-order valence-corrected chi connectivity index (χ1v) is 7.15. The Morgan fingerprint density at radius 2 is 2.35 bits per heavy atom. The van der Waals surface area contributed by atoms with Crippen molar-refractivity contribution < 1.29 is 14.3 Å². The minimum absolute atomic E-state index is 0.0519. The molecule has 0 bridgehead atoms. The van der Waals surface area contributed by atoms with E-state index in [4.69, 9.17) is 4.74 Å². The lowest BCUT2D eigenvalue weighted by atomic mass is 9.99. The second-order valence-corrected chi connectivity index (χ2v) is 5.43. The zero-order valence-corrected chi connectivity index (χ0v) is 10.8. The van der Waals surface area contributed by atoms with Crippen molar-refractivity contribution in [2.75, 3.05) is 31.3 Å². The van der Waals surface area contributed by atoms with Crippen LogP contribution in [0.5, 0.6) is 0 Å². The van der Waals surface area contributed by atoms with Gasteiger partial charge in [0.15, 0.2) is 0 Å². The highest BCUT2D eigenvalue weighted by Gasteiger charge is 2.52. The fourth-order valence-corrected chi connectivity index (χ4v) is 3.51. The Balaban J connectivity index is 1.90. The Morgan fingerprint density at radius 1 is 1.53 bits per heavy atom.